The van der Waals surface area contributed by atoms with Gasteiger partial charge in [0.15, 0.2) is 5.76 Å². The van der Waals surface area contributed by atoms with Gasteiger partial charge in [-0.25, -0.2) is 0 Å². The molecule has 2 heterocycles. The van der Waals surface area contributed by atoms with Crippen molar-refractivity contribution in [3.8, 4) is 11.3 Å². The second-order valence-corrected chi connectivity index (χ2v) is 7.36. The molecule has 2 unspecified atom stereocenters. The van der Waals surface area contributed by atoms with Gasteiger partial charge in [-0.2, -0.15) is 16.9 Å². The van der Waals surface area contributed by atoms with Crippen molar-refractivity contribution in [3.63, 3.8) is 0 Å². The van der Waals surface area contributed by atoms with E-state index < -0.39 is 0 Å². The smallest absolute Gasteiger partial charge is 0.151 e. The van der Waals surface area contributed by atoms with Crippen LogP contribution in [0.25, 0.3) is 11.3 Å². The third-order valence-electron chi connectivity index (χ3n) is 4.18. The van der Waals surface area contributed by atoms with Crippen molar-refractivity contribution >= 4 is 11.8 Å². The van der Waals surface area contributed by atoms with Crippen molar-refractivity contribution in [1.29, 1.82) is 0 Å². The summed E-state index contributed by atoms with van der Waals surface area (Å²) in [5.41, 5.74) is 1.85. The predicted molar refractivity (Wildman–Crippen MR) is 89.7 cm³/mol. The molecule has 1 saturated carbocycles. The van der Waals surface area contributed by atoms with Gasteiger partial charge in [-0.05, 0) is 18.6 Å². The maximum absolute atomic E-state index is 5.46. The highest BCUT2D eigenvalue weighted by Gasteiger charge is 2.24. The fourth-order valence-electron chi connectivity index (χ4n) is 3.06. The minimum atomic E-state index is 0.589. The van der Waals surface area contributed by atoms with Gasteiger partial charge >= 0.3 is 0 Å². The zero-order chi connectivity index (χ0) is 15.4. The van der Waals surface area contributed by atoms with Crippen molar-refractivity contribution in [2.24, 2.45) is 7.05 Å². The number of hydrogen-bond acceptors (Lipinski definition) is 5. The van der Waals surface area contributed by atoms with Gasteiger partial charge in [0, 0.05) is 36.2 Å². The van der Waals surface area contributed by atoms with Crippen LogP contribution in [0.15, 0.2) is 23.0 Å². The van der Waals surface area contributed by atoms with Crippen LogP contribution in [-0.4, -0.2) is 32.0 Å². The molecular weight excluding hydrogens is 296 g/mol. The zero-order valence-corrected chi connectivity index (χ0v) is 14.1. The summed E-state index contributed by atoms with van der Waals surface area (Å²) in [6.45, 7) is 2.99. The topological polar surface area (TPSA) is 55.9 Å². The molecule has 0 spiro atoms. The summed E-state index contributed by atoms with van der Waals surface area (Å²) in [6.07, 6.45) is 9.04. The monoisotopic (exact) mass is 320 g/mol. The Labute approximate surface area is 135 Å². The molecule has 2 atom stereocenters. The Hall–Kier alpha value is -1.27. The largest absolute Gasteiger partial charge is 0.359 e. The Bertz CT molecular complexity index is 592. The lowest BCUT2D eigenvalue weighted by Crippen LogP contribution is -2.40. The number of nitrogens with one attached hydrogen (secondary N) is 1. The van der Waals surface area contributed by atoms with E-state index in [1.165, 1.54) is 31.4 Å². The Morgan fingerprint density at radius 1 is 1.41 bits per heavy atom. The highest BCUT2D eigenvalue weighted by Crippen LogP contribution is 2.29. The molecule has 3 rings (SSSR count). The second-order valence-electron chi connectivity index (χ2n) is 5.85. The molecule has 2 aromatic rings. The first-order chi connectivity index (χ1) is 10.8. The number of aromatic nitrogens is 3. The molecular formula is C16H24N4OS. The quantitative estimate of drug-likeness (QED) is 0.885. The summed E-state index contributed by atoms with van der Waals surface area (Å²) < 4.78 is 7.23. The fraction of sp³-hybridized carbons (Fsp3) is 0.625. The van der Waals surface area contributed by atoms with Gasteiger partial charge in [0.1, 0.15) is 5.69 Å². The molecule has 1 aliphatic rings. The van der Waals surface area contributed by atoms with Gasteiger partial charge in [-0.15, -0.1) is 0 Å². The summed E-state index contributed by atoms with van der Waals surface area (Å²) in [6, 6.07) is 2.60. The van der Waals surface area contributed by atoms with Crippen LogP contribution in [0.2, 0.25) is 0 Å². The number of hydrogen-bond donors (Lipinski definition) is 1. The molecule has 0 aliphatic heterocycles. The summed E-state index contributed by atoms with van der Waals surface area (Å²) in [4.78, 5) is 0. The van der Waals surface area contributed by atoms with E-state index >= 15 is 0 Å². The van der Waals surface area contributed by atoms with Gasteiger partial charge in [-0.1, -0.05) is 24.9 Å². The van der Waals surface area contributed by atoms with Crippen LogP contribution >= 0.6 is 11.8 Å². The molecule has 5 nitrogen and oxygen atoms in total. The Kier molecular flexibility index (Phi) is 5.20. The van der Waals surface area contributed by atoms with Crippen molar-refractivity contribution in [2.45, 2.75) is 50.4 Å². The van der Waals surface area contributed by atoms with E-state index in [0.29, 0.717) is 6.04 Å². The Morgan fingerprint density at radius 2 is 2.27 bits per heavy atom. The van der Waals surface area contributed by atoms with E-state index in [1.54, 1.807) is 4.68 Å². The fourth-order valence-corrected chi connectivity index (χ4v) is 4.29. The van der Waals surface area contributed by atoms with Crippen LogP contribution in [0.4, 0.5) is 0 Å². The van der Waals surface area contributed by atoms with E-state index in [9.17, 15) is 0 Å². The van der Waals surface area contributed by atoms with Crippen molar-refractivity contribution in [1.82, 2.24) is 20.3 Å². The Morgan fingerprint density at radius 3 is 3.05 bits per heavy atom. The average molecular weight is 320 g/mol. The number of nitrogens with zero attached hydrogens (tertiary/aromatic N) is 3. The van der Waals surface area contributed by atoms with Crippen LogP contribution in [0.3, 0.4) is 0 Å². The van der Waals surface area contributed by atoms with Gasteiger partial charge < -0.3 is 9.84 Å². The molecule has 2 aromatic heterocycles. The van der Waals surface area contributed by atoms with Crippen molar-refractivity contribution in [2.75, 3.05) is 5.75 Å². The number of rotatable bonds is 6. The van der Waals surface area contributed by atoms with E-state index in [1.807, 2.05) is 25.5 Å². The third kappa shape index (κ3) is 3.73. The maximum Gasteiger partial charge on any atom is 0.151 e. The minimum absolute atomic E-state index is 0.589. The van der Waals surface area contributed by atoms with Crippen molar-refractivity contribution < 1.29 is 4.52 Å². The number of thioether (sulfide) groups is 1. The maximum atomic E-state index is 5.46. The molecule has 6 heteroatoms. The second kappa shape index (κ2) is 7.33. The molecule has 0 saturated heterocycles. The average Bonchev–Trinajstić information content (AvgIpc) is 3.15. The summed E-state index contributed by atoms with van der Waals surface area (Å²) >= 11 is 2.08. The van der Waals surface area contributed by atoms with Gasteiger partial charge in [0.2, 0.25) is 0 Å². The lowest BCUT2D eigenvalue weighted by Gasteiger charge is -2.31. The van der Waals surface area contributed by atoms with E-state index in [0.717, 1.165) is 28.8 Å². The standard InChI is InChI=1S/C16H24N4OS/c1-3-22-16-7-5-4-6-14(16)17-10-13-8-15(19-21-13)12-9-18-20(2)11-12/h8-9,11,14,16-17H,3-7,10H2,1-2H3. The molecule has 120 valence electrons. The van der Waals surface area contributed by atoms with Gasteiger partial charge in [-0.3, -0.25) is 4.68 Å². The number of aryl methyl sites for hydroxylation is 1. The van der Waals surface area contributed by atoms with Gasteiger partial charge in [0.25, 0.3) is 0 Å². The van der Waals surface area contributed by atoms with Crippen molar-refractivity contribution in [3.05, 3.63) is 24.2 Å². The Balaban J connectivity index is 1.58. The SMILES string of the molecule is CCSC1CCCCC1NCc1cc(-c2cnn(C)c2)no1. The first-order valence-corrected chi connectivity index (χ1v) is 9.10. The zero-order valence-electron chi connectivity index (χ0n) is 13.3. The van der Waals surface area contributed by atoms with Crippen LogP contribution < -0.4 is 5.32 Å². The minimum Gasteiger partial charge on any atom is -0.359 e. The molecule has 1 fully saturated rings. The lowest BCUT2D eigenvalue weighted by atomic mass is 9.95. The lowest BCUT2D eigenvalue weighted by molar-refractivity contribution is 0.337. The van der Waals surface area contributed by atoms with E-state index in [-0.39, 0.29) is 0 Å². The summed E-state index contributed by atoms with van der Waals surface area (Å²) in [5.74, 6) is 2.08. The van der Waals surface area contributed by atoms with Crippen LogP contribution in [-0.2, 0) is 13.6 Å². The predicted octanol–water partition coefficient (Wildman–Crippen LogP) is 3.23. The molecule has 1 N–H and O–H groups in total. The van der Waals surface area contributed by atoms with Crippen LogP contribution in [0.1, 0.15) is 38.4 Å². The third-order valence-corrected chi connectivity index (χ3v) is 5.51. The molecule has 22 heavy (non-hydrogen) atoms. The van der Waals surface area contributed by atoms with E-state index in [4.69, 9.17) is 4.52 Å². The van der Waals surface area contributed by atoms with Crippen LogP contribution in [0, 0.1) is 0 Å². The van der Waals surface area contributed by atoms with Crippen LogP contribution in [0.5, 0.6) is 0 Å². The molecule has 0 aromatic carbocycles. The molecule has 0 bridgehead atoms. The molecule has 0 radical (unpaired) electrons. The van der Waals surface area contributed by atoms with E-state index in [2.05, 4.69) is 34.3 Å². The summed E-state index contributed by atoms with van der Waals surface area (Å²) in [7, 11) is 1.90. The highest BCUT2D eigenvalue weighted by atomic mass is 32.2. The van der Waals surface area contributed by atoms with Gasteiger partial charge in [0.05, 0.1) is 12.7 Å². The summed E-state index contributed by atoms with van der Waals surface area (Å²) in [5, 5.41) is 12.7. The first-order valence-electron chi connectivity index (χ1n) is 8.06. The molecule has 0 amide bonds. The normalized spacial score (nSPS) is 22.1. The molecule has 1 aliphatic carbocycles. The highest BCUT2D eigenvalue weighted by molar-refractivity contribution is 7.99. The first kappa shape index (κ1) is 15.6.